The van der Waals surface area contributed by atoms with Crippen molar-refractivity contribution in [3.8, 4) is 22.6 Å². The molecular weight excluding hydrogens is 348 g/mol. The largest absolute Gasteiger partial charge is 0.508 e. The molecule has 5 heteroatoms. The summed E-state index contributed by atoms with van der Waals surface area (Å²) in [6, 6.07) is 9.25. The maximum absolute atomic E-state index is 12.5. The van der Waals surface area contributed by atoms with Gasteiger partial charge in [-0.2, -0.15) is 0 Å². The Kier molecular flexibility index (Phi) is 4.88. The average molecular weight is 363 g/mol. The third-order valence-electron chi connectivity index (χ3n) is 3.04. The van der Waals surface area contributed by atoms with Crippen molar-refractivity contribution >= 4 is 26.9 Å². The first-order chi connectivity index (χ1) is 10.6. The van der Waals surface area contributed by atoms with Gasteiger partial charge in [-0.25, -0.2) is 0 Å². The lowest BCUT2D eigenvalue weighted by atomic mass is 10.1. The van der Waals surface area contributed by atoms with E-state index in [1.807, 2.05) is 13.8 Å². The van der Waals surface area contributed by atoms with E-state index >= 15 is 0 Å². The number of phenolic OH excluding ortho intramolecular Hbond substituents is 2. The number of fused-ring (bicyclic) bond motifs is 1. The number of benzene rings is 2. The zero-order chi connectivity index (χ0) is 16.3. The van der Waals surface area contributed by atoms with E-state index in [9.17, 15) is 15.0 Å². The molecule has 0 bridgehead atoms. The van der Waals surface area contributed by atoms with Crippen LogP contribution in [0.4, 0.5) is 0 Å². The highest BCUT2D eigenvalue weighted by Crippen LogP contribution is 2.32. The van der Waals surface area contributed by atoms with Crippen LogP contribution in [0.1, 0.15) is 13.8 Å². The first-order valence-electron chi connectivity index (χ1n) is 6.80. The van der Waals surface area contributed by atoms with Crippen LogP contribution in [0.25, 0.3) is 22.1 Å². The second-order valence-corrected chi connectivity index (χ2v) is 5.09. The van der Waals surface area contributed by atoms with Crippen LogP contribution in [-0.4, -0.2) is 10.2 Å². The SMILES string of the molecule is CC.O=c1c(-c2ccc(O)cc2)coc2c(Br)c(O)ccc12. The zero-order valence-electron chi connectivity index (χ0n) is 12.1. The Hall–Kier alpha value is -2.27. The molecule has 4 nitrogen and oxygen atoms in total. The molecule has 3 rings (SSSR count). The van der Waals surface area contributed by atoms with Gasteiger partial charge in [0.05, 0.1) is 10.9 Å². The number of hydrogen-bond acceptors (Lipinski definition) is 4. The molecule has 0 spiro atoms. The summed E-state index contributed by atoms with van der Waals surface area (Å²) in [5.74, 6) is 0.143. The second kappa shape index (κ2) is 6.66. The Morgan fingerprint density at radius 3 is 2.27 bits per heavy atom. The summed E-state index contributed by atoms with van der Waals surface area (Å²) in [4.78, 5) is 12.5. The van der Waals surface area contributed by atoms with Crippen LogP contribution in [0.2, 0.25) is 0 Å². The molecule has 0 aliphatic carbocycles. The topological polar surface area (TPSA) is 70.7 Å². The number of aromatic hydroxyl groups is 2. The molecule has 0 saturated carbocycles. The van der Waals surface area contributed by atoms with Crippen LogP contribution in [-0.2, 0) is 0 Å². The Balaban J connectivity index is 0.000000847. The Bertz CT molecular complexity index is 851. The van der Waals surface area contributed by atoms with Crippen LogP contribution in [0.3, 0.4) is 0 Å². The number of hydrogen-bond donors (Lipinski definition) is 2. The average Bonchev–Trinajstić information content (AvgIpc) is 2.54. The lowest BCUT2D eigenvalue weighted by Gasteiger charge is -2.05. The summed E-state index contributed by atoms with van der Waals surface area (Å²) in [7, 11) is 0. The van der Waals surface area contributed by atoms with Crippen molar-refractivity contribution in [2.24, 2.45) is 0 Å². The number of halogens is 1. The summed E-state index contributed by atoms with van der Waals surface area (Å²) >= 11 is 3.19. The van der Waals surface area contributed by atoms with Gasteiger partial charge >= 0.3 is 0 Å². The first-order valence-corrected chi connectivity index (χ1v) is 7.59. The van der Waals surface area contributed by atoms with E-state index in [2.05, 4.69) is 15.9 Å². The molecule has 1 aromatic heterocycles. The molecule has 1 heterocycles. The fourth-order valence-corrected chi connectivity index (χ4v) is 2.44. The van der Waals surface area contributed by atoms with Gasteiger partial charge in [-0.15, -0.1) is 0 Å². The van der Waals surface area contributed by atoms with Crippen LogP contribution in [0.5, 0.6) is 11.5 Å². The van der Waals surface area contributed by atoms with E-state index in [1.165, 1.54) is 30.5 Å². The van der Waals surface area contributed by atoms with E-state index < -0.39 is 0 Å². The molecule has 0 fully saturated rings. The molecule has 2 aromatic carbocycles. The van der Waals surface area contributed by atoms with E-state index in [-0.39, 0.29) is 16.9 Å². The molecule has 114 valence electrons. The number of phenols is 2. The minimum atomic E-state index is -0.197. The van der Waals surface area contributed by atoms with Gasteiger partial charge in [0.1, 0.15) is 22.2 Å². The maximum atomic E-state index is 12.5. The summed E-state index contributed by atoms with van der Waals surface area (Å²) in [5.41, 5.74) is 1.16. The van der Waals surface area contributed by atoms with Crippen molar-refractivity contribution in [1.29, 1.82) is 0 Å². The van der Waals surface area contributed by atoms with Gasteiger partial charge in [0.2, 0.25) is 5.43 Å². The quantitative estimate of drug-likeness (QED) is 0.660. The van der Waals surface area contributed by atoms with Gasteiger partial charge in [-0.3, -0.25) is 4.79 Å². The maximum Gasteiger partial charge on any atom is 0.200 e. The van der Waals surface area contributed by atoms with Crippen molar-refractivity contribution < 1.29 is 14.6 Å². The van der Waals surface area contributed by atoms with Gasteiger partial charge < -0.3 is 14.6 Å². The minimum Gasteiger partial charge on any atom is -0.508 e. The molecule has 22 heavy (non-hydrogen) atoms. The van der Waals surface area contributed by atoms with E-state index in [4.69, 9.17) is 4.42 Å². The van der Waals surface area contributed by atoms with Crippen molar-refractivity contribution in [2.75, 3.05) is 0 Å². The fraction of sp³-hybridized carbons (Fsp3) is 0.118. The smallest absolute Gasteiger partial charge is 0.200 e. The lowest BCUT2D eigenvalue weighted by Crippen LogP contribution is -2.04. The summed E-state index contributed by atoms with van der Waals surface area (Å²) in [6.07, 6.45) is 1.35. The molecular formula is C17H15BrO4. The predicted octanol–water partition coefficient (Wildman–Crippen LogP) is 4.66. The fourth-order valence-electron chi connectivity index (χ4n) is 2.00. The molecule has 0 amide bonds. The Labute approximate surface area is 135 Å². The van der Waals surface area contributed by atoms with Crippen molar-refractivity contribution in [3.63, 3.8) is 0 Å². The highest BCUT2D eigenvalue weighted by Gasteiger charge is 2.13. The van der Waals surface area contributed by atoms with Gasteiger partial charge in [-0.1, -0.05) is 26.0 Å². The van der Waals surface area contributed by atoms with Crippen LogP contribution in [0, 0.1) is 0 Å². The van der Waals surface area contributed by atoms with Gasteiger partial charge in [0.25, 0.3) is 0 Å². The molecule has 0 unspecified atom stereocenters. The normalized spacial score (nSPS) is 10.1. The third kappa shape index (κ3) is 2.85. The van der Waals surface area contributed by atoms with Gasteiger partial charge in [0.15, 0.2) is 5.58 Å². The highest BCUT2D eigenvalue weighted by molar-refractivity contribution is 9.10. The van der Waals surface area contributed by atoms with Crippen LogP contribution < -0.4 is 5.43 Å². The zero-order valence-corrected chi connectivity index (χ0v) is 13.7. The lowest BCUT2D eigenvalue weighted by molar-refractivity contribution is 0.470. The first kappa shape index (κ1) is 16.1. The summed E-state index contributed by atoms with van der Waals surface area (Å²) < 4.78 is 5.80. The van der Waals surface area contributed by atoms with Gasteiger partial charge in [0, 0.05) is 0 Å². The third-order valence-corrected chi connectivity index (χ3v) is 3.81. The summed E-state index contributed by atoms with van der Waals surface area (Å²) in [6.45, 7) is 4.00. The Morgan fingerprint density at radius 2 is 1.64 bits per heavy atom. The van der Waals surface area contributed by atoms with E-state index in [0.29, 0.717) is 26.6 Å². The van der Waals surface area contributed by atoms with Crippen molar-refractivity contribution in [1.82, 2.24) is 0 Å². The van der Waals surface area contributed by atoms with E-state index in [1.54, 1.807) is 12.1 Å². The molecule has 0 saturated heterocycles. The second-order valence-electron chi connectivity index (χ2n) is 4.30. The van der Waals surface area contributed by atoms with E-state index in [0.717, 1.165) is 0 Å². The van der Waals surface area contributed by atoms with Crippen LogP contribution in [0.15, 0.2) is 56.3 Å². The predicted molar refractivity (Wildman–Crippen MR) is 90.3 cm³/mol. The number of rotatable bonds is 1. The molecule has 0 aliphatic rings. The monoisotopic (exact) mass is 362 g/mol. The minimum absolute atomic E-state index is 0.0121. The van der Waals surface area contributed by atoms with Gasteiger partial charge in [-0.05, 0) is 45.8 Å². The van der Waals surface area contributed by atoms with Crippen molar-refractivity contribution in [3.05, 3.63) is 57.4 Å². The molecule has 0 radical (unpaired) electrons. The van der Waals surface area contributed by atoms with Crippen molar-refractivity contribution in [2.45, 2.75) is 13.8 Å². The molecule has 0 atom stereocenters. The van der Waals surface area contributed by atoms with Crippen LogP contribution >= 0.6 is 15.9 Å². The molecule has 0 aliphatic heterocycles. The summed E-state index contributed by atoms with van der Waals surface area (Å²) in [5, 5.41) is 19.2. The standard InChI is InChI=1S/C15H9BrO4.C2H6/c16-13-12(18)6-5-10-14(19)11(7-20-15(10)13)8-1-3-9(17)4-2-8;1-2/h1-7,17-18H;1-2H3. The Morgan fingerprint density at radius 1 is 1.00 bits per heavy atom. The molecule has 2 N–H and O–H groups in total. The highest BCUT2D eigenvalue weighted by atomic mass is 79.9. The molecule has 3 aromatic rings.